The van der Waals surface area contributed by atoms with Gasteiger partial charge in [-0.3, -0.25) is 5.10 Å². The molecule has 66 valence electrons. The molecule has 0 aliphatic carbocycles. The predicted molar refractivity (Wildman–Crippen MR) is 42.5 cm³/mol. The van der Waals surface area contributed by atoms with Crippen LogP contribution in [0.1, 0.15) is 24.1 Å². The van der Waals surface area contributed by atoms with E-state index < -0.39 is 0 Å². The van der Waals surface area contributed by atoms with E-state index in [1.54, 1.807) is 0 Å². The van der Waals surface area contributed by atoms with Gasteiger partial charge in [0, 0.05) is 6.54 Å². The lowest BCUT2D eigenvalue weighted by Gasteiger charge is -2.02. The molecule has 0 spiro atoms. The van der Waals surface area contributed by atoms with Crippen molar-refractivity contribution in [2.75, 3.05) is 6.54 Å². The van der Waals surface area contributed by atoms with E-state index in [-0.39, 0.29) is 12.1 Å². The van der Waals surface area contributed by atoms with Crippen LogP contribution >= 0.6 is 0 Å². The number of aliphatic hydroxyl groups excluding tert-OH is 1. The van der Waals surface area contributed by atoms with Crippen LogP contribution in [0.25, 0.3) is 0 Å². The van der Waals surface area contributed by atoms with Gasteiger partial charge in [-0.05, 0) is 13.3 Å². The average molecular weight is 168 g/mol. The Balaban J connectivity index is 2.11. The second kappa shape index (κ2) is 2.84. The number of β-amino-alcohol motifs (C(OH)–C–C–N with tert-alkyl or cyclic N) is 1. The fourth-order valence-electron chi connectivity index (χ4n) is 1.43. The van der Waals surface area contributed by atoms with Crippen LogP contribution in [0.2, 0.25) is 0 Å². The molecule has 2 atom stereocenters. The van der Waals surface area contributed by atoms with Gasteiger partial charge in [0.2, 0.25) is 0 Å². The number of aromatic nitrogens is 3. The molecule has 2 rings (SSSR count). The Hall–Kier alpha value is -0.940. The lowest BCUT2D eigenvalue weighted by atomic mass is 10.2. The molecule has 5 nitrogen and oxygen atoms in total. The lowest BCUT2D eigenvalue weighted by molar-refractivity contribution is 0.193. The van der Waals surface area contributed by atoms with Crippen LogP contribution in [0.15, 0.2) is 0 Å². The van der Waals surface area contributed by atoms with Gasteiger partial charge < -0.3 is 10.4 Å². The molecule has 2 unspecified atom stereocenters. The molecule has 2 heterocycles. The van der Waals surface area contributed by atoms with E-state index in [4.69, 9.17) is 0 Å². The van der Waals surface area contributed by atoms with Gasteiger partial charge in [0.1, 0.15) is 5.82 Å². The van der Waals surface area contributed by atoms with Crippen molar-refractivity contribution < 1.29 is 5.11 Å². The van der Waals surface area contributed by atoms with Gasteiger partial charge in [-0.15, -0.1) is 0 Å². The Bertz CT molecular complexity index is 272. The summed E-state index contributed by atoms with van der Waals surface area (Å²) in [5.41, 5.74) is 0. The van der Waals surface area contributed by atoms with Crippen LogP contribution in [0.4, 0.5) is 0 Å². The number of hydrogen-bond acceptors (Lipinski definition) is 4. The fraction of sp³-hybridized carbons (Fsp3) is 0.714. The summed E-state index contributed by atoms with van der Waals surface area (Å²) in [7, 11) is 0. The van der Waals surface area contributed by atoms with E-state index in [1.165, 1.54) is 0 Å². The molecule has 12 heavy (non-hydrogen) atoms. The molecular weight excluding hydrogens is 156 g/mol. The third kappa shape index (κ3) is 1.33. The zero-order chi connectivity index (χ0) is 8.55. The number of rotatable bonds is 1. The van der Waals surface area contributed by atoms with Crippen molar-refractivity contribution >= 4 is 0 Å². The molecule has 0 amide bonds. The van der Waals surface area contributed by atoms with Gasteiger partial charge >= 0.3 is 0 Å². The van der Waals surface area contributed by atoms with Gasteiger partial charge in [0.25, 0.3) is 0 Å². The van der Waals surface area contributed by atoms with Crippen molar-refractivity contribution in [2.24, 2.45) is 0 Å². The molecule has 1 aromatic heterocycles. The van der Waals surface area contributed by atoms with Crippen molar-refractivity contribution in [1.82, 2.24) is 20.5 Å². The molecule has 1 fully saturated rings. The maximum atomic E-state index is 9.24. The maximum absolute atomic E-state index is 9.24. The second-order valence-corrected chi connectivity index (χ2v) is 3.13. The van der Waals surface area contributed by atoms with Crippen LogP contribution in [0.3, 0.4) is 0 Å². The highest BCUT2D eigenvalue weighted by Crippen LogP contribution is 2.19. The van der Waals surface area contributed by atoms with Crippen molar-refractivity contribution in [3.8, 4) is 0 Å². The zero-order valence-electron chi connectivity index (χ0n) is 6.91. The van der Waals surface area contributed by atoms with Crippen molar-refractivity contribution in [1.29, 1.82) is 0 Å². The highest BCUT2D eigenvalue weighted by molar-refractivity contribution is 4.99. The quantitative estimate of drug-likeness (QED) is 0.529. The number of H-pyrrole nitrogens is 1. The highest BCUT2D eigenvalue weighted by Gasteiger charge is 2.26. The Kier molecular flexibility index (Phi) is 1.82. The van der Waals surface area contributed by atoms with Gasteiger partial charge in [0.05, 0.1) is 12.1 Å². The average Bonchev–Trinajstić information content (AvgIpc) is 2.58. The molecule has 0 aromatic carbocycles. The first kappa shape index (κ1) is 7.70. The molecule has 1 aliphatic rings. The number of aromatic amines is 1. The Morgan fingerprint density at radius 2 is 2.42 bits per heavy atom. The summed E-state index contributed by atoms with van der Waals surface area (Å²) in [6, 6.07) is 0.116. The minimum Gasteiger partial charge on any atom is -0.392 e. The van der Waals surface area contributed by atoms with Crippen LogP contribution in [-0.4, -0.2) is 32.9 Å². The number of nitrogens with one attached hydrogen (secondary N) is 2. The van der Waals surface area contributed by atoms with E-state index >= 15 is 0 Å². The Labute approximate surface area is 70.2 Å². The van der Waals surface area contributed by atoms with Crippen molar-refractivity contribution in [3.05, 3.63) is 11.6 Å². The number of aliphatic hydroxyl groups is 1. The number of nitrogens with zero attached hydrogens (tertiary/aromatic N) is 2. The molecule has 0 radical (unpaired) electrons. The largest absolute Gasteiger partial charge is 0.392 e. The van der Waals surface area contributed by atoms with Gasteiger partial charge in [-0.2, -0.15) is 5.10 Å². The van der Waals surface area contributed by atoms with Crippen LogP contribution in [0.5, 0.6) is 0 Å². The first-order valence-corrected chi connectivity index (χ1v) is 4.06. The second-order valence-electron chi connectivity index (χ2n) is 3.13. The topological polar surface area (TPSA) is 73.8 Å². The molecule has 3 N–H and O–H groups in total. The molecule has 1 saturated heterocycles. The normalized spacial score (nSPS) is 29.5. The van der Waals surface area contributed by atoms with E-state index in [9.17, 15) is 5.11 Å². The summed E-state index contributed by atoms with van der Waals surface area (Å²) in [5.74, 6) is 1.57. The van der Waals surface area contributed by atoms with Crippen molar-refractivity contribution in [2.45, 2.75) is 25.5 Å². The van der Waals surface area contributed by atoms with Gasteiger partial charge in [-0.25, -0.2) is 4.98 Å². The van der Waals surface area contributed by atoms with E-state index in [0.29, 0.717) is 13.0 Å². The summed E-state index contributed by atoms with van der Waals surface area (Å²) in [4.78, 5) is 4.19. The molecule has 0 saturated carbocycles. The summed E-state index contributed by atoms with van der Waals surface area (Å²) in [6.07, 6.45) is 0.450. The molecule has 1 aromatic rings. The molecule has 5 heteroatoms. The Morgan fingerprint density at radius 1 is 1.58 bits per heavy atom. The maximum Gasteiger partial charge on any atom is 0.167 e. The minimum absolute atomic E-state index is 0.116. The Morgan fingerprint density at radius 3 is 2.92 bits per heavy atom. The summed E-state index contributed by atoms with van der Waals surface area (Å²) < 4.78 is 0. The smallest absolute Gasteiger partial charge is 0.167 e. The minimum atomic E-state index is -0.256. The van der Waals surface area contributed by atoms with E-state index in [2.05, 4.69) is 20.5 Å². The summed E-state index contributed by atoms with van der Waals surface area (Å²) in [5, 5.41) is 19.2. The number of aryl methyl sites for hydroxylation is 1. The SMILES string of the molecule is Cc1nc(C2CC(O)CN2)n[nH]1. The fourth-order valence-corrected chi connectivity index (χ4v) is 1.43. The van der Waals surface area contributed by atoms with Gasteiger partial charge in [0.15, 0.2) is 5.82 Å². The van der Waals surface area contributed by atoms with Crippen molar-refractivity contribution in [3.63, 3.8) is 0 Å². The third-order valence-corrected chi connectivity index (χ3v) is 2.03. The molecule has 1 aliphatic heterocycles. The van der Waals surface area contributed by atoms with Gasteiger partial charge in [-0.1, -0.05) is 0 Å². The summed E-state index contributed by atoms with van der Waals surface area (Å²) in [6.45, 7) is 2.50. The monoisotopic (exact) mass is 168 g/mol. The van der Waals surface area contributed by atoms with Crippen LogP contribution in [0, 0.1) is 6.92 Å². The first-order valence-electron chi connectivity index (χ1n) is 4.06. The zero-order valence-corrected chi connectivity index (χ0v) is 6.91. The van der Waals surface area contributed by atoms with E-state index in [1.807, 2.05) is 6.92 Å². The standard InChI is InChI=1S/C7H12N4O/c1-4-9-7(11-10-4)6-2-5(12)3-8-6/h5-6,8,12H,2-3H2,1H3,(H,9,10,11). The third-order valence-electron chi connectivity index (χ3n) is 2.03. The highest BCUT2D eigenvalue weighted by atomic mass is 16.3. The molecular formula is C7H12N4O. The summed E-state index contributed by atoms with van der Waals surface area (Å²) >= 11 is 0. The predicted octanol–water partition coefficient (Wildman–Crippen LogP) is -0.492. The number of hydrogen-bond donors (Lipinski definition) is 3. The lowest BCUT2D eigenvalue weighted by Crippen LogP contribution is -2.15. The van der Waals surface area contributed by atoms with E-state index in [0.717, 1.165) is 11.6 Å². The van der Waals surface area contributed by atoms with Crippen LogP contribution in [-0.2, 0) is 0 Å². The van der Waals surface area contributed by atoms with Crippen LogP contribution < -0.4 is 5.32 Å². The molecule has 0 bridgehead atoms. The first-order chi connectivity index (χ1) is 5.75.